The molecule has 1 aromatic carbocycles. The molecule has 0 fully saturated rings. The number of hydrogen-bond acceptors (Lipinski definition) is 3. The van der Waals surface area contributed by atoms with Crippen LogP contribution in [-0.2, 0) is 0 Å². The summed E-state index contributed by atoms with van der Waals surface area (Å²) in [7, 11) is 0. The molecule has 0 unspecified atom stereocenters. The zero-order valence-corrected chi connectivity index (χ0v) is 12.7. The normalized spacial score (nSPS) is 10.5. The maximum Gasteiger partial charge on any atom is 0.0486 e. The van der Waals surface area contributed by atoms with Crippen LogP contribution in [0.3, 0.4) is 0 Å². The number of anilines is 2. The average Bonchev–Trinajstić information content (AvgIpc) is 2.30. The Morgan fingerprint density at radius 2 is 2.00 bits per heavy atom. The second-order valence-electron chi connectivity index (χ2n) is 4.07. The number of nitrogens with one attached hydrogen (secondary N) is 1. The third-order valence-electron chi connectivity index (χ3n) is 2.58. The molecule has 0 amide bonds. The lowest BCUT2D eigenvalue weighted by Crippen LogP contribution is -2.02. The quantitative estimate of drug-likeness (QED) is 0.552. The van der Waals surface area contributed by atoms with Gasteiger partial charge in [0.15, 0.2) is 0 Å². The second-order valence-corrected chi connectivity index (χ2v) is 5.91. The van der Waals surface area contributed by atoms with Crippen LogP contribution in [0.25, 0.3) is 0 Å². The first-order chi connectivity index (χ1) is 8.24. The van der Waals surface area contributed by atoms with Crippen molar-refractivity contribution in [1.82, 2.24) is 0 Å². The predicted octanol–water partition coefficient (Wildman–Crippen LogP) is 4.37. The molecule has 17 heavy (non-hydrogen) atoms. The topological polar surface area (TPSA) is 38.0 Å². The standard InChI is InChI=1S/C13H21BrN2S/c1-17-9-5-3-2-4-8-16-13-7-6-11(15)10-12(13)14/h6-7,10,16H,2-5,8-9,15H2,1H3. The minimum atomic E-state index is 0.791. The van der Waals surface area contributed by atoms with Gasteiger partial charge in [-0.1, -0.05) is 12.8 Å². The van der Waals surface area contributed by atoms with E-state index in [-0.39, 0.29) is 0 Å². The molecule has 0 spiro atoms. The molecule has 0 aliphatic rings. The Morgan fingerprint density at radius 1 is 1.24 bits per heavy atom. The van der Waals surface area contributed by atoms with Gasteiger partial charge in [0.05, 0.1) is 0 Å². The number of unbranched alkanes of at least 4 members (excludes halogenated alkanes) is 3. The molecule has 0 aliphatic carbocycles. The molecule has 0 aliphatic heterocycles. The lowest BCUT2D eigenvalue weighted by atomic mass is 10.2. The van der Waals surface area contributed by atoms with Gasteiger partial charge in [-0.15, -0.1) is 0 Å². The molecule has 2 nitrogen and oxygen atoms in total. The zero-order valence-electron chi connectivity index (χ0n) is 10.3. The van der Waals surface area contributed by atoms with E-state index in [1.54, 1.807) is 0 Å². The van der Waals surface area contributed by atoms with Gasteiger partial charge in [0.1, 0.15) is 0 Å². The van der Waals surface area contributed by atoms with Crippen LogP contribution < -0.4 is 11.1 Å². The number of rotatable bonds is 8. The van der Waals surface area contributed by atoms with Crippen molar-refractivity contribution in [3.05, 3.63) is 22.7 Å². The van der Waals surface area contributed by atoms with E-state index in [2.05, 4.69) is 27.5 Å². The zero-order chi connectivity index (χ0) is 12.5. The Morgan fingerprint density at radius 3 is 2.71 bits per heavy atom. The van der Waals surface area contributed by atoms with E-state index in [0.29, 0.717) is 0 Å². The minimum Gasteiger partial charge on any atom is -0.399 e. The molecule has 4 heteroatoms. The molecule has 96 valence electrons. The SMILES string of the molecule is CSCCCCCCNc1ccc(N)cc1Br. The van der Waals surface area contributed by atoms with Gasteiger partial charge in [0, 0.05) is 22.4 Å². The van der Waals surface area contributed by atoms with Gasteiger partial charge in [-0.3, -0.25) is 0 Å². The van der Waals surface area contributed by atoms with Crippen LogP contribution in [-0.4, -0.2) is 18.6 Å². The molecular weight excluding hydrogens is 296 g/mol. The molecule has 0 radical (unpaired) electrons. The van der Waals surface area contributed by atoms with Gasteiger partial charge in [0.2, 0.25) is 0 Å². The summed E-state index contributed by atoms with van der Waals surface area (Å²) in [5.41, 5.74) is 7.61. The lowest BCUT2D eigenvalue weighted by molar-refractivity contribution is 0.689. The van der Waals surface area contributed by atoms with Gasteiger partial charge < -0.3 is 11.1 Å². The maximum absolute atomic E-state index is 5.69. The number of halogens is 1. The van der Waals surface area contributed by atoms with Crippen LogP contribution >= 0.6 is 27.7 Å². The van der Waals surface area contributed by atoms with E-state index in [1.807, 2.05) is 30.0 Å². The fourth-order valence-corrected chi connectivity index (χ4v) is 2.65. The van der Waals surface area contributed by atoms with Crippen molar-refractivity contribution >= 4 is 39.1 Å². The molecule has 0 heterocycles. The second kappa shape index (κ2) is 8.70. The summed E-state index contributed by atoms with van der Waals surface area (Å²) >= 11 is 5.44. The van der Waals surface area contributed by atoms with E-state index in [0.717, 1.165) is 22.4 Å². The summed E-state index contributed by atoms with van der Waals surface area (Å²) in [5, 5.41) is 3.42. The molecular formula is C13H21BrN2S. The highest BCUT2D eigenvalue weighted by Crippen LogP contribution is 2.24. The van der Waals surface area contributed by atoms with E-state index in [4.69, 9.17) is 5.73 Å². The molecule has 3 N–H and O–H groups in total. The summed E-state index contributed by atoms with van der Waals surface area (Å²) in [5.74, 6) is 1.29. The molecule has 0 saturated carbocycles. The summed E-state index contributed by atoms with van der Waals surface area (Å²) in [6, 6.07) is 5.87. The van der Waals surface area contributed by atoms with E-state index >= 15 is 0 Å². The molecule has 0 atom stereocenters. The molecule has 0 bridgehead atoms. The van der Waals surface area contributed by atoms with E-state index in [1.165, 1.54) is 31.4 Å². The summed E-state index contributed by atoms with van der Waals surface area (Å²) < 4.78 is 1.04. The number of benzene rings is 1. The summed E-state index contributed by atoms with van der Waals surface area (Å²) in [6.07, 6.45) is 7.38. The molecule has 0 saturated heterocycles. The van der Waals surface area contributed by atoms with Crippen LogP contribution in [0.2, 0.25) is 0 Å². The first-order valence-corrected chi connectivity index (χ1v) is 8.20. The number of nitrogen functional groups attached to an aromatic ring is 1. The number of nitrogens with two attached hydrogens (primary N) is 1. The number of thioether (sulfide) groups is 1. The highest BCUT2D eigenvalue weighted by atomic mass is 79.9. The third-order valence-corrected chi connectivity index (χ3v) is 3.94. The Kier molecular flexibility index (Phi) is 7.53. The van der Waals surface area contributed by atoms with Crippen molar-refractivity contribution in [1.29, 1.82) is 0 Å². The van der Waals surface area contributed by atoms with Gasteiger partial charge in [0.25, 0.3) is 0 Å². The van der Waals surface area contributed by atoms with E-state index in [9.17, 15) is 0 Å². The Balaban J connectivity index is 2.14. The fraction of sp³-hybridized carbons (Fsp3) is 0.538. The highest BCUT2D eigenvalue weighted by molar-refractivity contribution is 9.10. The van der Waals surface area contributed by atoms with Crippen molar-refractivity contribution in [2.24, 2.45) is 0 Å². The van der Waals surface area contributed by atoms with Gasteiger partial charge in [-0.25, -0.2) is 0 Å². The van der Waals surface area contributed by atoms with Crippen LogP contribution in [0.1, 0.15) is 25.7 Å². The van der Waals surface area contributed by atoms with Crippen molar-refractivity contribution in [2.45, 2.75) is 25.7 Å². The van der Waals surface area contributed by atoms with Gasteiger partial charge >= 0.3 is 0 Å². The first kappa shape index (κ1) is 14.7. The first-order valence-electron chi connectivity index (χ1n) is 6.02. The number of hydrogen-bond donors (Lipinski definition) is 2. The smallest absolute Gasteiger partial charge is 0.0486 e. The van der Waals surface area contributed by atoms with Crippen molar-refractivity contribution < 1.29 is 0 Å². The monoisotopic (exact) mass is 316 g/mol. The average molecular weight is 317 g/mol. The van der Waals surface area contributed by atoms with Crippen LogP contribution in [0, 0.1) is 0 Å². The largest absolute Gasteiger partial charge is 0.399 e. The Labute approximate surface area is 117 Å². The van der Waals surface area contributed by atoms with Gasteiger partial charge in [-0.05, 0) is 59.0 Å². The van der Waals surface area contributed by atoms with Crippen molar-refractivity contribution in [3.8, 4) is 0 Å². The van der Waals surface area contributed by atoms with Crippen LogP contribution in [0.5, 0.6) is 0 Å². The summed E-state index contributed by atoms with van der Waals surface area (Å²) in [6.45, 7) is 1.03. The molecule has 1 aromatic rings. The minimum absolute atomic E-state index is 0.791. The fourth-order valence-electron chi connectivity index (χ4n) is 1.62. The predicted molar refractivity (Wildman–Crippen MR) is 83.9 cm³/mol. The maximum atomic E-state index is 5.69. The van der Waals surface area contributed by atoms with Crippen molar-refractivity contribution in [2.75, 3.05) is 29.6 Å². The van der Waals surface area contributed by atoms with E-state index < -0.39 is 0 Å². The third kappa shape index (κ3) is 6.22. The van der Waals surface area contributed by atoms with Crippen LogP contribution in [0.4, 0.5) is 11.4 Å². The van der Waals surface area contributed by atoms with Gasteiger partial charge in [-0.2, -0.15) is 11.8 Å². The Bertz CT molecular complexity index is 331. The molecule has 1 rings (SSSR count). The molecule has 0 aromatic heterocycles. The lowest BCUT2D eigenvalue weighted by Gasteiger charge is -2.09. The van der Waals surface area contributed by atoms with Crippen molar-refractivity contribution in [3.63, 3.8) is 0 Å². The Hall–Kier alpha value is -0.350. The highest BCUT2D eigenvalue weighted by Gasteiger charge is 1.98. The van der Waals surface area contributed by atoms with Crippen LogP contribution in [0.15, 0.2) is 22.7 Å². The summed E-state index contributed by atoms with van der Waals surface area (Å²) in [4.78, 5) is 0.